The van der Waals surface area contributed by atoms with E-state index in [9.17, 15) is 5.11 Å². The van der Waals surface area contributed by atoms with E-state index in [4.69, 9.17) is 10.5 Å². The third kappa shape index (κ3) is 4.15. The second-order valence-corrected chi connectivity index (χ2v) is 5.06. The SMILES string of the molecule is Cn1cnnc1SCC(O)COc1ccc(N)cc1. The van der Waals surface area contributed by atoms with Gasteiger partial charge in [-0.1, -0.05) is 11.8 Å². The Labute approximate surface area is 115 Å². The summed E-state index contributed by atoms with van der Waals surface area (Å²) in [5.74, 6) is 1.19. The molecule has 0 radical (unpaired) electrons. The minimum atomic E-state index is -0.570. The summed E-state index contributed by atoms with van der Waals surface area (Å²) >= 11 is 1.44. The van der Waals surface area contributed by atoms with Crippen LogP contribution in [0.2, 0.25) is 0 Å². The van der Waals surface area contributed by atoms with Gasteiger partial charge in [0.1, 0.15) is 18.7 Å². The third-order valence-corrected chi connectivity index (χ3v) is 3.58. The van der Waals surface area contributed by atoms with Crippen molar-refractivity contribution < 1.29 is 9.84 Å². The number of nitrogens with zero attached hydrogens (tertiary/aromatic N) is 3. The first-order chi connectivity index (χ1) is 9.15. The molecule has 0 fully saturated rings. The van der Waals surface area contributed by atoms with Gasteiger partial charge in [-0.25, -0.2) is 0 Å². The highest BCUT2D eigenvalue weighted by Gasteiger charge is 2.09. The molecule has 2 rings (SSSR count). The van der Waals surface area contributed by atoms with Gasteiger partial charge in [0.15, 0.2) is 5.16 Å². The fourth-order valence-corrected chi connectivity index (χ4v) is 2.17. The molecule has 1 aromatic carbocycles. The van der Waals surface area contributed by atoms with Gasteiger partial charge in [0.2, 0.25) is 0 Å². The smallest absolute Gasteiger partial charge is 0.190 e. The number of ether oxygens (including phenoxy) is 1. The second-order valence-electron chi connectivity index (χ2n) is 4.07. The maximum atomic E-state index is 9.83. The van der Waals surface area contributed by atoms with E-state index in [1.807, 2.05) is 7.05 Å². The van der Waals surface area contributed by atoms with Crippen LogP contribution < -0.4 is 10.5 Å². The molecular weight excluding hydrogens is 264 g/mol. The number of hydrogen-bond acceptors (Lipinski definition) is 6. The van der Waals surface area contributed by atoms with Gasteiger partial charge < -0.3 is 20.1 Å². The molecule has 0 bridgehead atoms. The van der Waals surface area contributed by atoms with E-state index in [1.165, 1.54) is 11.8 Å². The topological polar surface area (TPSA) is 86.2 Å². The van der Waals surface area contributed by atoms with E-state index in [-0.39, 0.29) is 6.61 Å². The number of thioether (sulfide) groups is 1. The van der Waals surface area contributed by atoms with E-state index >= 15 is 0 Å². The zero-order valence-corrected chi connectivity index (χ0v) is 11.4. The molecule has 0 saturated heterocycles. The predicted molar refractivity (Wildman–Crippen MR) is 74.1 cm³/mol. The molecule has 0 spiro atoms. The lowest BCUT2D eigenvalue weighted by atomic mass is 10.3. The van der Waals surface area contributed by atoms with Crippen molar-refractivity contribution >= 4 is 17.4 Å². The van der Waals surface area contributed by atoms with Crippen LogP contribution in [0.3, 0.4) is 0 Å². The van der Waals surface area contributed by atoms with Crippen LogP contribution in [0.4, 0.5) is 5.69 Å². The molecule has 3 N–H and O–H groups in total. The molecular formula is C12H16N4O2S. The lowest BCUT2D eigenvalue weighted by Gasteiger charge is -2.11. The minimum absolute atomic E-state index is 0.231. The Kier molecular flexibility index (Phi) is 4.64. The summed E-state index contributed by atoms with van der Waals surface area (Å²) in [4.78, 5) is 0. The highest BCUT2D eigenvalue weighted by molar-refractivity contribution is 7.99. The highest BCUT2D eigenvalue weighted by Crippen LogP contribution is 2.16. The fourth-order valence-electron chi connectivity index (χ4n) is 1.38. The number of aliphatic hydroxyl groups excluding tert-OH is 1. The van der Waals surface area contributed by atoms with Gasteiger partial charge in [-0.15, -0.1) is 10.2 Å². The Morgan fingerprint density at radius 3 is 2.79 bits per heavy atom. The predicted octanol–water partition coefficient (Wildman–Crippen LogP) is 0.929. The van der Waals surface area contributed by atoms with Crippen LogP contribution >= 0.6 is 11.8 Å². The summed E-state index contributed by atoms with van der Waals surface area (Å²) in [7, 11) is 1.86. The molecule has 0 aliphatic rings. The zero-order chi connectivity index (χ0) is 13.7. The standard InChI is InChI=1S/C12H16N4O2S/c1-16-8-14-15-12(16)19-7-10(17)6-18-11-4-2-9(13)3-5-11/h2-5,8,10,17H,6-7,13H2,1H3. The van der Waals surface area contributed by atoms with Crippen molar-refractivity contribution in [1.29, 1.82) is 0 Å². The number of benzene rings is 1. The zero-order valence-electron chi connectivity index (χ0n) is 10.6. The average molecular weight is 280 g/mol. The van der Waals surface area contributed by atoms with Crippen molar-refractivity contribution in [2.45, 2.75) is 11.3 Å². The van der Waals surface area contributed by atoms with Gasteiger partial charge >= 0.3 is 0 Å². The molecule has 7 heteroatoms. The van der Waals surface area contributed by atoms with Crippen molar-refractivity contribution in [3.63, 3.8) is 0 Å². The number of aliphatic hydroxyl groups is 1. The molecule has 1 atom stereocenters. The Bertz CT molecular complexity index is 515. The van der Waals surface area contributed by atoms with E-state index in [0.29, 0.717) is 17.2 Å². The first-order valence-electron chi connectivity index (χ1n) is 5.78. The summed E-state index contributed by atoms with van der Waals surface area (Å²) in [5, 5.41) is 18.3. The van der Waals surface area contributed by atoms with Gasteiger partial charge in [0.05, 0.1) is 6.10 Å². The normalized spacial score (nSPS) is 12.3. The van der Waals surface area contributed by atoms with Crippen molar-refractivity contribution in [1.82, 2.24) is 14.8 Å². The lowest BCUT2D eigenvalue weighted by Crippen LogP contribution is -2.20. The largest absolute Gasteiger partial charge is 0.491 e. The van der Waals surface area contributed by atoms with E-state index in [0.717, 1.165) is 5.16 Å². The first-order valence-corrected chi connectivity index (χ1v) is 6.77. The van der Waals surface area contributed by atoms with Crippen molar-refractivity contribution in [3.8, 4) is 5.75 Å². The second kappa shape index (κ2) is 6.44. The summed E-state index contributed by atoms with van der Waals surface area (Å²) in [5.41, 5.74) is 6.26. The minimum Gasteiger partial charge on any atom is -0.491 e. The van der Waals surface area contributed by atoms with Crippen molar-refractivity contribution in [2.24, 2.45) is 7.05 Å². The maximum Gasteiger partial charge on any atom is 0.190 e. The lowest BCUT2D eigenvalue weighted by molar-refractivity contribution is 0.126. The Morgan fingerprint density at radius 2 is 2.16 bits per heavy atom. The summed E-state index contributed by atoms with van der Waals surface area (Å²) < 4.78 is 7.26. The molecule has 1 heterocycles. The van der Waals surface area contributed by atoms with Crippen LogP contribution in [0, 0.1) is 0 Å². The van der Waals surface area contributed by atoms with Crippen LogP contribution in [0.1, 0.15) is 0 Å². The quantitative estimate of drug-likeness (QED) is 0.604. The molecule has 0 amide bonds. The van der Waals surface area contributed by atoms with Crippen LogP contribution in [0.15, 0.2) is 35.7 Å². The number of rotatable bonds is 6. The number of aromatic nitrogens is 3. The summed E-state index contributed by atoms with van der Waals surface area (Å²) in [6.07, 6.45) is 1.05. The maximum absolute atomic E-state index is 9.83. The molecule has 0 aliphatic carbocycles. The van der Waals surface area contributed by atoms with E-state index in [1.54, 1.807) is 35.2 Å². The molecule has 2 aromatic rings. The van der Waals surface area contributed by atoms with Crippen LogP contribution in [0.25, 0.3) is 0 Å². The Balaban J connectivity index is 1.74. The number of anilines is 1. The number of nitrogens with two attached hydrogens (primary N) is 1. The van der Waals surface area contributed by atoms with E-state index < -0.39 is 6.10 Å². The van der Waals surface area contributed by atoms with Crippen LogP contribution in [-0.4, -0.2) is 38.3 Å². The Morgan fingerprint density at radius 1 is 1.42 bits per heavy atom. The van der Waals surface area contributed by atoms with Gasteiger partial charge in [0, 0.05) is 18.5 Å². The number of aryl methyl sites for hydroxylation is 1. The first kappa shape index (κ1) is 13.7. The number of nitrogen functional groups attached to an aromatic ring is 1. The molecule has 6 nitrogen and oxygen atoms in total. The van der Waals surface area contributed by atoms with Crippen LogP contribution in [-0.2, 0) is 7.05 Å². The average Bonchev–Trinajstić information content (AvgIpc) is 2.81. The van der Waals surface area contributed by atoms with E-state index in [2.05, 4.69) is 10.2 Å². The number of hydrogen-bond donors (Lipinski definition) is 2. The van der Waals surface area contributed by atoms with Crippen molar-refractivity contribution in [2.75, 3.05) is 18.1 Å². The van der Waals surface area contributed by atoms with Gasteiger partial charge in [-0.05, 0) is 24.3 Å². The molecule has 0 aliphatic heterocycles. The monoisotopic (exact) mass is 280 g/mol. The van der Waals surface area contributed by atoms with Gasteiger partial charge in [-0.2, -0.15) is 0 Å². The van der Waals surface area contributed by atoms with Crippen LogP contribution in [0.5, 0.6) is 5.75 Å². The van der Waals surface area contributed by atoms with Crippen molar-refractivity contribution in [3.05, 3.63) is 30.6 Å². The Hall–Kier alpha value is -1.73. The summed E-state index contributed by atoms with van der Waals surface area (Å²) in [6, 6.07) is 7.07. The molecule has 0 saturated carbocycles. The van der Waals surface area contributed by atoms with Gasteiger partial charge in [0.25, 0.3) is 0 Å². The molecule has 1 unspecified atom stereocenters. The molecule has 1 aromatic heterocycles. The molecule has 19 heavy (non-hydrogen) atoms. The summed E-state index contributed by atoms with van der Waals surface area (Å²) in [6.45, 7) is 0.231. The fraction of sp³-hybridized carbons (Fsp3) is 0.333. The highest BCUT2D eigenvalue weighted by atomic mass is 32.2. The van der Waals surface area contributed by atoms with Gasteiger partial charge in [-0.3, -0.25) is 0 Å². The molecule has 102 valence electrons. The third-order valence-electron chi connectivity index (χ3n) is 2.40.